The molecule has 2 rings (SSSR count). The number of hydrogen-bond acceptors (Lipinski definition) is 4. The van der Waals surface area contributed by atoms with Crippen molar-refractivity contribution in [1.29, 1.82) is 0 Å². The molecule has 0 fully saturated rings. The van der Waals surface area contributed by atoms with E-state index >= 15 is 0 Å². The summed E-state index contributed by atoms with van der Waals surface area (Å²) in [7, 11) is 7.53. The van der Waals surface area contributed by atoms with Crippen LogP contribution in [0, 0.1) is 0 Å². The van der Waals surface area contributed by atoms with Crippen molar-refractivity contribution in [2.24, 2.45) is 7.05 Å². The topological polar surface area (TPSA) is 66.5 Å². The number of furan rings is 1. The minimum atomic E-state index is -0.123. The molecule has 0 radical (unpaired) electrons. The molecule has 1 atom stereocenters. The Balaban J connectivity index is 1.88. The maximum Gasteiger partial charge on any atom is 0.317 e. The van der Waals surface area contributed by atoms with Crippen LogP contribution in [0.15, 0.2) is 35.2 Å². The summed E-state index contributed by atoms with van der Waals surface area (Å²) in [6.45, 7) is 1.00. The van der Waals surface area contributed by atoms with Crippen molar-refractivity contribution in [2.75, 3.05) is 27.7 Å². The largest absolute Gasteiger partial charge is 0.468 e. The summed E-state index contributed by atoms with van der Waals surface area (Å²) in [5.41, 5.74) is 0.996. The van der Waals surface area contributed by atoms with Crippen molar-refractivity contribution >= 4 is 6.03 Å². The lowest BCUT2D eigenvalue weighted by Gasteiger charge is -2.24. The quantitative estimate of drug-likeness (QED) is 0.877. The van der Waals surface area contributed by atoms with Crippen LogP contribution in [0.5, 0.6) is 0 Å². The Labute approximate surface area is 130 Å². The zero-order valence-electron chi connectivity index (χ0n) is 13.5. The third-order valence-electron chi connectivity index (χ3n) is 3.47. The number of urea groups is 1. The lowest BCUT2D eigenvalue weighted by atomic mass is 10.2. The van der Waals surface area contributed by atoms with E-state index in [1.807, 2.05) is 44.4 Å². The average molecular weight is 305 g/mol. The van der Waals surface area contributed by atoms with Gasteiger partial charge in [0.1, 0.15) is 5.76 Å². The van der Waals surface area contributed by atoms with Gasteiger partial charge >= 0.3 is 6.03 Å². The average Bonchev–Trinajstić information content (AvgIpc) is 3.10. The van der Waals surface area contributed by atoms with E-state index in [-0.39, 0.29) is 12.1 Å². The first-order chi connectivity index (χ1) is 10.5. The predicted octanol–water partition coefficient (Wildman–Crippen LogP) is 1.46. The molecule has 7 heteroatoms. The SMILES string of the molecule is CN(Cc1cnn(C)c1)C(=O)NC[C@H](c1ccco1)N(C)C. The lowest BCUT2D eigenvalue weighted by Crippen LogP contribution is -2.41. The number of likely N-dealkylation sites (N-methyl/N-ethyl adjacent to an activating group) is 1. The summed E-state index contributed by atoms with van der Waals surface area (Å²) in [6, 6.07) is 3.64. The van der Waals surface area contributed by atoms with Crippen molar-refractivity contribution < 1.29 is 9.21 Å². The molecular weight excluding hydrogens is 282 g/mol. The monoisotopic (exact) mass is 305 g/mol. The number of aryl methyl sites for hydroxylation is 1. The number of carbonyl (C=O) groups excluding carboxylic acids is 1. The van der Waals surface area contributed by atoms with E-state index in [1.54, 1.807) is 29.1 Å². The van der Waals surface area contributed by atoms with Crippen molar-refractivity contribution in [3.63, 3.8) is 0 Å². The minimum Gasteiger partial charge on any atom is -0.468 e. The van der Waals surface area contributed by atoms with Gasteiger partial charge in [-0.2, -0.15) is 5.10 Å². The Bertz CT molecular complexity index is 591. The van der Waals surface area contributed by atoms with Crippen LogP contribution in [-0.2, 0) is 13.6 Å². The van der Waals surface area contributed by atoms with Crippen molar-refractivity contribution in [2.45, 2.75) is 12.6 Å². The number of amides is 2. The summed E-state index contributed by atoms with van der Waals surface area (Å²) in [6.07, 6.45) is 5.30. The number of nitrogens with zero attached hydrogens (tertiary/aromatic N) is 4. The lowest BCUT2D eigenvalue weighted by molar-refractivity contribution is 0.197. The predicted molar refractivity (Wildman–Crippen MR) is 83.2 cm³/mol. The smallest absolute Gasteiger partial charge is 0.317 e. The first-order valence-corrected chi connectivity index (χ1v) is 7.13. The second-order valence-electron chi connectivity index (χ2n) is 5.56. The van der Waals surface area contributed by atoms with Crippen molar-refractivity contribution in [1.82, 2.24) is 24.9 Å². The van der Waals surface area contributed by atoms with E-state index in [9.17, 15) is 4.79 Å². The van der Waals surface area contributed by atoms with E-state index in [2.05, 4.69) is 10.4 Å². The van der Waals surface area contributed by atoms with Gasteiger partial charge in [0.05, 0.1) is 25.0 Å². The third-order valence-corrected chi connectivity index (χ3v) is 3.47. The molecule has 2 aromatic heterocycles. The number of hydrogen-bond donors (Lipinski definition) is 1. The summed E-state index contributed by atoms with van der Waals surface area (Å²) < 4.78 is 7.15. The molecule has 7 nitrogen and oxygen atoms in total. The molecule has 0 aliphatic heterocycles. The van der Waals surface area contributed by atoms with Gasteiger partial charge < -0.3 is 14.6 Å². The van der Waals surface area contributed by atoms with Crippen LogP contribution in [0.4, 0.5) is 4.79 Å². The maximum absolute atomic E-state index is 12.2. The molecule has 2 amide bonds. The van der Waals surface area contributed by atoms with Gasteiger partial charge in [0.25, 0.3) is 0 Å². The molecule has 0 spiro atoms. The van der Waals surface area contributed by atoms with Crippen LogP contribution in [0.2, 0.25) is 0 Å². The highest BCUT2D eigenvalue weighted by Crippen LogP contribution is 2.17. The van der Waals surface area contributed by atoms with Crippen LogP contribution in [0.25, 0.3) is 0 Å². The first-order valence-electron chi connectivity index (χ1n) is 7.13. The molecule has 0 aliphatic carbocycles. The summed E-state index contributed by atoms with van der Waals surface area (Å²) in [5, 5.41) is 7.04. The van der Waals surface area contributed by atoms with Crippen LogP contribution < -0.4 is 5.32 Å². The Kier molecular flexibility index (Phi) is 5.21. The zero-order chi connectivity index (χ0) is 16.1. The molecule has 0 aromatic carbocycles. The van der Waals surface area contributed by atoms with Gasteiger partial charge in [-0.25, -0.2) is 4.79 Å². The highest BCUT2D eigenvalue weighted by atomic mass is 16.3. The van der Waals surface area contributed by atoms with Gasteiger partial charge in [-0.1, -0.05) is 0 Å². The minimum absolute atomic E-state index is 0.00532. The third kappa shape index (κ3) is 4.11. The summed E-state index contributed by atoms with van der Waals surface area (Å²) in [4.78, 5) is 15.8. The molecule has 0 bridgehead atoms. The molecular formula is C15H23N5O2. The Morgan fingerprint density at radius 1 is 1.45 bits per heavy atom. The highest BCUT2D eigenvalue weighted by molar-refractivity contribution is 5.73. The second-order valence-corrected chi connectivity index (χ2v) is 5.56. The van der Waals surface area contributed by atoms with E-state index in [4.69, 9.17) is 4.42 Å². The molecule has 0 saturated heterocycles. The summed E-state index contributed by atoms with van der Waals surface area (Å²) in [5.74, 6) is 0.834. The van der Waals surface area contributed by atoms with Gasteiger partial charge in [-0.3, -0.25) is 9.58 Å². The number of nitrogens with one attached hydrogen (secondary N) is 1. The van der Waals surface area contributed by atoms with Gasteiger partial charge in [0.15, 0.2) is 0 Å². The number of carbonyl (C=O) groups is 1. The van der Waals surface area contributed by atoms with Gasteiger partial charge in [0.2, 0.25) is 0 Å². The first kappa shape index (κ1) is 16.1. The molecule has 0 aliphatic rings. The Morgan fingerprint density at radius 2 is 2.23 bits per heavy atom. The fraction of sp³-hybridized carbons (Fsp3) is 0.467. The van der Waals surface area contributed by atoms with Crippen LogP contribution >= 0.6 is 0 Å². The normalized spacial score (nSPS) is 12.4. The van der Waals surface area contributed by atoms with E-state index in [0.29, 0.717) is 13.1 Å². The Hall–Kier alpha value is -2.28. The van der Waals surface area contributed by atoms with E-state index in [0.717, 1.165) is 11.3 Å². The molecule has 2 heterocycles. The number of rotatable bonds is 6. The van der Waals surface area contributed by atoms with Gasteiger partial charge in [0, 0.05) is 32.4 Å². The molecule has 22 heavy (non-hydrogen) atoms. The molecule has 0 unspecified atom stereocenters. The van der Waals surface area contributed by atoms with Crippen LogP contribution in [0.3, 0.4) is 0 Å². The van der Waals surface area contributed by atoms with E-state index < -0.39 is 0 Å². The molecule has 120 valence electrons. The second kappa shape index (κ2) is 7.13. The molecule has 1 N–H and O–H groups in total. The van der Waals surface area contributed by atoms with E-state index in [1.165, 1.54) is 0 Å². The van der Waals surface area contributed by atoms with Crippen molar-refractivity contribution in [3.8, 4) is 0 Å². The maximum atomic E-state index is 12.2. The molecule has 0 saturated carbocycles. The summed E-state index contributed by atoms with van der Waals surface area (Å²) >= 11 is 0. The highest BCUT2D eigenvalue weighted by Gasteiger charge is 2.19. The number of aromatic nitrogens is 2. The Morgan fingerprint density at radius 3 is 2.77 bits per heavy atom. The van der Waals surface area contributed by atoms with Crippen molar-refractivity contribution in [3.05, 3.63) is 42.1 Å². The van der Waals surface area contributed by atoms with Gasteiger partial charge in [-0.15, -0.1) is 0 Å². The standard InChI is InChI=1S/C15H23N5O2/c1-18(2)13(14-6-5-7-22-14)9-16-15(21)19(3)10-12-8-17-20(4)11-12/h5-8,11,13H,9-10H2,1-4H3,(H,16,21)/t13-/m1/s1. The van der Waals surface area contributed by atoms with Gasteiger partial charge in [-0.05, 0) is 26.2 Å². The fourth-order valence-electron chi connectivity index (χ4n) is 2.24. The fourth-order valence-corrected chi connectivity index (χ4v) is 2.24. The molecule has 2 aromatic rings. The van der Waals surface area contributed by atoms with Crippen LogP contribution in [-0.4, -0.2) is 53.3 Å². The van der Waals surface area contributed by atoms with Crippen LogP contribution in [0.1, 0.15) is 17.4 Å². The zero-order valence-corrected chi connectivity index (χ0v) is 13.5.